The Morgan fingerprint density at radius 3 is 2.74 bits per heavy atom. The van der Waals surface area contributed by atoms with Crippen LogP contribution in [0.25, 0.3) is 10.9 Å². The fourth-order valence-corrected chi connectivity index (χ4v) is 5.24. The maximum Gasteiger partial charge on any atom is 0.252 e. The molecule has 4 aromatic rings. The van der Waals surface area contributed by atoms with E-state index in [1.807, 2.05) is 35.9 Å². The highest BCUT2D eigenvalue weighted by molar-refractivity contribution is 5.79. The lowest BCUT2D eigenvalue weighted by atomic mass is 9.99. The summed E-state index contributed by atoms with van der Waals surface area (Å²) in [5.74, 6) is 1.93. The minimum absolute atomic E-state index is 0.0690. The number of aryl methyl sites for hydroxylation is 1. The number of hydrogen-bond donors (Lipinski definition) is 1. The normalized spacial score (nSPS) is 15.7. The highest BCUT2D eigenvalue weighted by atomic mass is 16.3. The molecule has 1 aromatic carbocycles. The second kappa shape index (κ2) is 9.54. The summed E-state index contributed by atoms with van der Waals surface area (Å²) >= 11 is 0. The number of hydrogen-bond acceptors (Lipinski definition) is 6. The Morgan fingerprint density at radius 2 is 2.00 bits per heavy atom. The fraction of sp³-hybridized carbons (Fsp3) is 0.462. The third-order valence-electron chi connectivity index (χ3n) is 6.87. The molecule has 0 amide bonds. The van der Waals surface area contributed by atoms with E-state index in [1.54, 1.807) is 6.26 Å². The van der Waals surface area contributed by atoms with Gasteiger partial charge in [-0.05, 0) is 71.3 Å². The van der Waals surface area contributed by atoms with E-state index in [-0.39, 0.29) is 17.5 Å². The van der Waals surface area contributed by atoms with Crippen LogP contribution < -0.4 is 5.56 Å². The highest BCUT2D eigenvalue weighted by Gasteiger charge is 2.33. The number of tetrazole rings is 1. The van der Waals surface area contributed by atoms with Gasteiger partial charge in [-0.15, -0.1) is 5.10 Å². The lowest BCUT2D eigenvalue weighted by Crippen LogP contribution is -2.35. The molecule has 34 heavy (non-hydrogen) atoms. The molecule has 1 aliphatic carbocycles. The first-order valence-electron chi connectivity index (χ1n) is 12.2. The molecule has 1 atom stereocenters. The maximum absolute atomic E-state index is 13.1. The lowest BCUT2D eigenvalue weighted by molar-refractivity contribution is 0.114. The molecular weight excluding hydrogens is 428 g/mol. The van der Waals surface area contributed by atoms with Crippen LogP contribution in [0.3, 0.4) is 0 Å². The standard InChI is InChI=1S/C26H32N6O2/c1-17(2)24(25-28-29-30-32(25)21-7-4-5-8-21)31(16-22-9-6-12-34-22)15-20-14-19-11-10-18(3)13-23(19)27-26(20)33/h6,9-14,17,21,24H,4-5,7-8,15-16H2,1-3H3,(H,27,33)/t24-/m1/s1. The Kier molecular flexibility index (Phi) is 6.32. The summed E-state index contributed by atoms with van der Waals surface area (Å²) in [5, 5.41) is 14.0. The maximum atomic E-state index is 13.1. The number of benzene rings is 1. The summed E-state index contributed by atoms with van der Waals surface area (Å²) in [6, 6.07) is 12.3. The highest BCUT2D eigenvalue weighted by Crippen LogP contribution is 2.35. The monoisotopic (exact) mass is 460 g/mol. The minimum atomic E-state index is -0.0752. The smallest absolute Gasteiger partial charge is 0.252 e. The third-order valence-corrected chi connectivity index (χ3v) is 6.87. The van der Waals surface area contributed by atoms with Gasteiger partial charge < -0.3 is 9.40 Å². The lowest BCUT2D eigenvalue weighted by Gasteiger charge is -2.33. The molecule has 3 aromatic heterocycles. The van der Waals surface area contributed by atoms with Crippen molar-refractivity contribution >= 4 is 10.9 Å². The molecule has 0 unspecified atom stereocenters. The number of rotatable bonds is 8. The summed E-state index contributed by atoms with van der Waals surface area (Å²) in [6.07, 6.45) is 6.30. The summed E-state index contributed by atoms with van der Waals surface area (Å²) in [6.45, 7) is 7.40. The van der Waals surface area contributed by atoms with Gasteiger partial charge in [0.15, 0.2) is 5.82 Å². The quantitative estimate of drug-likeness (QED) is 0.401. The zero-order chi connectivity index (χ0) is 23.7. The van der Waals surface area contributed by atoms with Gasteiger partial charge in [-0.1, -0.05) is 38.8 Å². The van der Waals surface area contributed by atoms with Crippen molar-refractivity contribution in [3.05, 3.63) is 75.7 Å². The Hall–Kier alpha value is -3.26. The van der Waals surface area contributed by atoms with E-state index in [2.05, 4.69) is 51.4 Å². The summed E-state index contributed by atoms with van der Waals surface area (Å²) in [5.41, 5.74) is 2.62. The van der Waals surface area contributed by atoms with Crippen LogP contribution in [0.1, 0.15) is 74.3 Å². The van der Waals surface area contributed by atoms with Crippen LogP contribution in [-0.4, -0.2) is 30.1 Å². The molecule has 0 saturated heterocycles. The topological polar surface area (TPSA) is 92.8 Å². The van der Waals surface area contributed by atoms with Crippen LogP contribution >= 0.6 is 0 Å². The molecule has 1 N–H and O–H groups in total. The van der Waals surface area contributed by atoms with E-state index in [0.717, 1.165) is 40.9 Å². The Bertz CT molecular complexity index is 1300. The molecule has 3 heterocycles. The average Bonchev–Trinajstić information content (AvgIpc) is 3.57. The van der Waals surface area contributed by atoms with Crippen LogP contribution in [0.15, 0.2) is 51.9 Å². The molecule has 0 bridgehead atoms. The van der Waals surface area contributed by atoms with E-state index in [9.17, 15) is 4.79 Å². The number of aromatic nitrogens is 5. The fourth-order valence-electron chi connectivity index (χ4n) is 5.24. The predicted octanol–water partition coefficient (Wildman–Crippen LogP) is 4.93. The van der Waals surface area contributed by atoms with Gasteiger partial charge in [0, 0.05) is 17.6 Å². The molecule has 178 valence electrons. The number of aromatic amines is 1. The Labute approximate surface area is 199 Å². The summed E-state index contributed by atoms with van der Waals surface area (Å²) in [4.78, 5) is 18.4. The van der Waals surface area contributed by atoms with Crippen molar-refractivity contribution < 1.29 is 4.42 Å². The Morgan fingerprint density at radius 1 is 1.18 bits per heavy atom. The number of H-pyrrole nitrogens is 1. The van der Waals surface area contributed by atoms with Gasteiger partial charge >= 0.3 is 0 Å². The SMILES string of the molecule is Cc1ccc2cc(CN(Cc3ccco3)[C@@H](c3nnnn3C3CCCC3)C(C)C)c(=O)[nH]c2c1. The van der Waals surface area contributed by atoms with E-state index in [1.165, 1.54) is 12.8 Å². The number of furan rings is 1. The Balaban J connectivity index is 1.55. The predicted molar refractivity (Wildman–Crippen MR) is 130 cm³/mol. The van der Waals surface area contributed by atoms with Gasteiger partial charge in [-0.3, -0.25) is 9.69 Å². The molecule has 1 fully saturated rings. The molecule has 0 spiro atoms. The molecule has 1 aliphatic rings. The van der Waals surface area contributed by atoms with Crippen LogP contribution in [0.4, 0.5) is 0 Å². The van der Waals surface area contributed by atoms with Crippen molar-refractivity contribution in [3.8, 4) is 0 Å². The van der Waals surface area contributed by atoms with Gasteiger partial charge in [0.25, 0.3) is 5.56 Å². The molecule has 0 radical (unpaired) electrons. The zero-order valence-electron chi connectivity index (χ0n) is 20.1. The second-order valence-corrected chi connectivity index (χ2v) is 9.81. The van der Waals surface area contributed by atoms with Gasteiger partial charge in [0.2, 0.25) is 0 Å². The average molecular weight is 461 g/mol. The summed E-state index contributed by atoms with van der Waals surface area (Å²) < 4.78 is 7.73. The second-order valence-electron chi connectivity index (χ2n) is 9.81. The summed E-state index contributed by atoms with van der Waals surface area (Å²) in [7, 11) is 0. The van der Waals surface area contributed by atoms with Crippen molar-refractivity contribution in [2.75, 3.05) is 0 Å². The van der Waals surface area contributed by atoms with Crippen molar-refractivity contribution in [1.82, 2.24) is 30.1 Å². The largest absolute Gasteiger partial charge is 0.468 e. The third kappa shape index (κ3) is 4.55. The van der Waals surface area contributed by atoms with Crippen molar-refractivity contribution in [2.45, 2.75) is 71.6 Å². The van der Waals surface area contributed by atoms with Crippen LogP contribution in [0.5, 0.6) is 0 Å². The van der Waals surface area contributed by atoms with E-state index in [4.69, 9.17) is 4.42 Å². The minimum Gasteiger partial charge on any atom is -0.468 e. The van der Waals surface area contributed by atoms with Gasteiger partial charge in [0.1, 0.15) is 5.76 Å². The zero-order valence-corrected chi connectivity index (χ0v) is 20.1. The van der Waals surface area contributed by atoms with Gasteiger partial charge in [-0.2, -0.15) is 0 Å². The van der Waals surface area contributed by atoms with Crippen molar-refractivity contribution in [3.63, 3.8) is 0 Å². The number of pyridine rings is 1. The first-order valence-corrected chi connectivity index (χ1v) is 12.2. The van der Waals surface area contributed by atoms with E-state index >= 15 is 0 Å². The molecule has 8 heteroatoms. The molecule has 5 rings (SSSR count). The first-order chi connectivity index (χ1) is 16.5. The molecule has 8 nitrogen and oxygen atoms in total. The van der Waals surface area contributed by atoms with Crippen LogP contribution in [0, 0.1) is 12.8 Å². The van der Waals surface area contributed by atoms with E-state index in [0.29, 0.717) is 24.7 Å². The van der Waals surface area contributed by atoms with Crippen molar-refractivity contribution in [1.29, 1.82) is 0 Å². The molecule has 0 aliphatic heterocycles. The number of nitrogens with zero attached hydrogens (tertiary/aromatic N) is 5. The number of fused-ring (bicyclic) bond motifs is 1. The van der Waals surface area contributed by atoms with Crippen LogP contribution in [0.2, 0.25) is 0 Å². The number of nitrogens with one attached hydrogen (secondary N) is 1. The molecular formula is C26H32N6O2. The first kappa shape index (κ1) is 22.5. The van der Waals surface area contributed by atoms with Gasteiger partial charge in [0.05, 0.1) is 24.9 Å². The molecule has 1 saturated carbocycles. The van der Waals surface area contributed by atoms with Crippen molar-refractivity contribution in [2.24, 2.45) is 5.92 Å². The van der Waals surface area contributed by atoms with Crippen LogP contribution in [-0.2, 0) is 13.1 Å². The van der Waals surface area contributed by atoms with Gasteiger partial charge in [-0.25, -0.2) is 4.68 Å². The van der Waals surface area contributed by atoms with E-state index < -0.39 is 0 Å².